The predicted octanol–water partition coefficient (Wildman–Crippen LogP) is 2.82. The van der Waals surface area contributed by atoms with E-state index in [1.165, 1.54) is 31.5 Å². The van der Waals surface area contributed by atoms with Crippen LogP contribution in [0, 0.1) is 0 Å². The van der Waals surface area contributed by atoms with Gasteiger partial charge in [0.25, 0.3) is 0 Å². The first kappa shape index (κ1) is 13.6. The van der Waals surface area contributed by atoms with Crippen molar-refractivity contribution in [2.45, 2.75) is 45.7 Å². The van der Waals surface area contributed by atoms with Crippen LogP contribution in [0.15, 0.2) is 24.3 Å². The summed E-state index contributed by atoms with van der Waals surface area (Å²) in [4.78, 5) is 2.58. The van der Waals surface area contributed by atoms with Crippen LogP contribution in [0.1, 0.15) is 38.3 Å². The molecule has 1 aliphatic rings. The Hall–Kier alpha value is -0.860. The molecule has 2 nitrogen and oxygen atoms in total. The maximum absolute atomic E-state index is 3.55. The van der Waals surface area contributed by atoms with Gasteiger partial charge in [0.15, 0.2) is 0 Å². The molecule has 0 unspecified atom stereocenters. The van der Waals surface area contributed by atoms with Crippen LogP contribution >= 0.6 is 0 Å². The van der Waals surface area contributed by atoms with Crippen molar-refractivity contribution in [1.82, 2.24) is 10.2 Å². The number of hydrogen-bond donors (Lipinski definition) is 1. The van der Waals surface area contributed by atoms with Gasteiger partial charge in [-0.15, -0.1) is 0 Å². The minimum Gasteiger partial charge on any atom is -0.312 e. The summed E-state index contributed by atoms with van der Waals surface area (Å²) in [6, 6.07) is 8.86. The molecule has 0 spiro atoms. The molecule has 100 valence electrons. The van der Waals surface area contributed by atoms with Crippen LogP contribution in [0.3, 0.4) is 0 Å². The lowest BCUT2D eigenvalue weighted by atomic mass is 10.00. The second-order valence-electron chi connectivity index (χ2n) is 6.33. The molecule has 0 radical (unpaired) electrons. The van der Waals surface area contributed by atoms with Crippen LogP contribution in [-0.2, 0) is 13.0 Å². The molecular weight excluding hydrogens is 220 g/mol. The Bertz CT molecular complexity index is 379. The molecule has 0 fully saturated rings. The number of nitrogens with zero attached hydrogens (tertiary/aromatic N) is 1. The molecular formula is C16H26N2. The highest BCUT2D eigenvalue weighted by atomic mass is 15.1. The van der Waals surface area contributed by atoms with Gasteiger partial charge in [-0.3, -0.25) is 4.90 Å². The van der Waals surface area contributed by atoms with Gasteiger partial charge in [-0.1, -0.05) is 24.3 Å². The first-order chi connectivity index (χ1) is 8.54. The van der Waals surface area contributed by atoms with Gasteiger partial charge in [-0.2, -0.15) is 0 Å². The molecule has 1 N–H and O–H groups in total. The topological polar surface area (TPSA) is 15.3 Å². The molecule has 2 heteroatoms. The molecule has 1 aromatic rings. The Morgan fingerprint density at radius 3 is 2.61 bits per heavy atom. The van der Waals surface area contributed by atoms with Crippen LogP contribution in [0.4, 0.5) is 0 Å². The SMILES string of the molecule is CC(C)(C)NCCCN1CCc2ccccc2C1. The molecule has 1 aliphatic heterocycles. The van der Waals surface area contributed by atoms with Crippen molar-refractivity contribution < 1.29 is 0 Å². The summed E-state index contributed by atoms with van der Waals surface area (Å²) in [5.41, 5.74) is 3.31. The highest BCUT2D eigenvalue weighted by molar-refractivity contribution is 5.28. The van der Waals surface area contributed by atoms with E-state index in [1.54, 1.807) is 5.56 Å². The highest BCUT2D eigenvalue weighted by Gasteiger charge is 2.15. The van der Waals surface area contributed by atoms with Crippen LogP contribution in [0.5, 0.6) is 0 Å². The molecule has 2 rings (SSSR count). The molecule has 0 atom stereocenters. The molecule has 1 aromatic carbocycles. The summed E-state index contributed by atoms with van der Waals surface area (Å²) in [6.45, 7) is 11.3. The molecule has 0 saturated carbocycles. The highest BCUT2D eigenvalue weighted by Crippen LogP contribution is 2.18. The smallest absolute Gasteiger partial charge is 0.0236 e. The Labute approximate surface area is 111 Å². The Balaban J connectivity index is 1.73. The maximum atomic E-state index is 3.55. The van der Waals surface area contributed by atoms with Crippen molar-refractivity contribution in [1.29, 1.82) is 0 Å². The average Bonchev–Trinajstić information content (AvgIpc) is 2.33. The summed E-state index contributed by atoms with van der Waals surface area (Å²) in [5.74, 6) is 0. The molecule has 0 bridgehead atoms. The Morgan fingerprint density at radius 2 is 1.89 bits per heavy atom. The van der Waals surface area contributed by atoms with Crippen LogP contribution in [0.25, 0.3) is 0 Å². The molecule has 0 saturated heterocycles. The Kier molecular flexibility index (Phi) is 4.41. The lowest BCUT2D eigenvalue weighted by Gasteiger charge is -2.29. The van der Waals surface area contributed by atoms with E-state index in [0.717, 1.165) is 13.1 Å². The normalized spacial score (nSPS) is 16.6. The van der Waals surface area contributed by atoms with Gasteiger partial charge in [-0.05, 0) is 57.8 Å². The summed E-state index contributed by atoms with van der Waals surface area (Å²) < 4.78 is 0. The van der Waals surface area contributed by atoms with Crippen molar-refractivity contribution in [2.24, 2.45) is 0 Å². The van der Waals surface area contributed by atoms with E-state index in [9.17, 15) is 0 Å². The van der Waals surface area contributed by atoms with Crippen molar-refractivity contribution in [3.8, 4) is 0 Å². The van der Waals surface area contributed by atoms with Crippen molar-refractivity contribution in [2.75, 3.05) is 19.6 Å². The zero-order chi connectivity index (χ0) is 13.0. The average molecular weight is 246 g/mol. The second-order valence-corrected chi connectivity index (χ2v) is 6.33. The van der Waals surface area contributed by atoms with Crippen molar-refractivity contribution in [3.63, 3.8) is 0 Å². The quantitative estimate of drug-likeness (QED) is 0.822. The number of hydrogen-bond acceptors (Lipinski definition) is 2. The summed E-state index contributed by atoms with van der Waals surface area (Å²) >= 11 is 0. The number of nitrogens with one attached hydrogen (secondary N) is 1. The molecule has 0 amide bonds. The minimum absolute atomic E-state index is 0.245. The van der Waals surface area contributed by atoms with E-state index in [0.29, 0.717) is 0 Å². The summed E-state index contributed by atoms with van der Waals surface area (Å²) in [7, 11) is 0. The number of fused-ring (bicyclic) bond motifs is 1. The summed E-state index contributed by atoms with van der Waals surface area (Å²) in [5, 5.41) is 3.55. The molecule has 1 heterocycles. The van der Waals surface area contributed by atoms with Gasteiger partial charge in [0.1, 0.15) is 0 Å². The largest absolute Gasteiger partial charge is 0.312 e. The van der Waals surface area contributed by atoms with Gasteiger partial charge in [0, 0.05) is 18.6 Å². The fraction of sp³-hybridized carbons (Fsp3) is 0.625. The van der Waals surface area contributed by atoms with Crippen LogP contribution < -0.4 is 5.32 Å². The van der Waals surface area contributed by atoms with E-state index in [4.69, 9.17) is 0 Å². The lowest BCUT2D eigenvalue weighted by molar-refractivity contribution is 0.246. The van der Waals surface area contributed by atoms with Gasteiger partial charge in [-0.25, -0.2) is 0 Å². The standard InChI is InChI=1S/C16H26N2/c1-16(2,3)17-10-6-11-18-12-9-14-7-4-5-8-15(14)13-18/h4-5,7-8,17H,6,9-13H2,1-3H3. The van der Waals surface area contributed by atoms with Crippen molar-refractivity contribution in [3.05, 3.63) is 35.4 Å². The zero-order valence-corrected chi connectivity index (χ0v) is 12.0. The molecule has 0 aliphatic carbocycles. The van der Waals surface area contributed by atoms with Gasteiger partial charge < -0.3 is 5.32 Å². The van der Waals surface area contributed by atoms with Gasteiger partial charge in [0.2, 0.25) is 0 Å². The fourth-order valence-corrected chi connectivity index (χ4v) is 2.51. The third-order valence-corrected chi connectivity index (χ3v) is 3.52. The second kappa shape index (κ2) is 5.85. The van der Waals surface area contributed by atoms with Crippen LogP contribution in [-0.4, -0.2) is 30.1 Å². The van der Waals surface area contributed by atoms with Gasteiger partial charge in [0.05, 0.1) is 0 Å². The van der Waals surface area contributed by atoms with E-state index < -0.39 is 0 Å². The predicted molar refractivity (Wildman–Crippen MR) is 77.8 cm³/mol. The lowest BCUT2D eigenvalue weighted by Crippen LogP contribution is -2.38. The van der Waals surface area contributed by atoms with E-state index in [-0.39, 0.29) is 5.54 Å². The van der Waals surface area contributed by atoms with E-state index >= 15 is 0 Å². The molecule has 18 heavy (non-hydrogen) atoms. The third-order valence-electron chi connectivity index (χ3n) is 3.52. The first-order valence-electron chi connectivity index (χ1n) is 7.09. The van der Waals surface area contributed by atoms with E-state index in [1.807, 2.05) is 0 Å². The minimum atomic E-state index is 0.245. The summed E-state index contributed by atoms with van der Waals surface area (Å²) in [6.07, 6.45) is 2.45. The Morgan fingerprint density at radius 1 is 1.17 bits per heavy atom. The molecule has 0 aromatic heterocycles. The fourth-order valence-electron chi connectivity index (χ4n) is 2.51. The maximum Gasteiger partial charge on any atom is 0.0236 e. The third kappa shape index (κ3) is 4.11. The van der Waals surface area contributed by atoms with Crippen molar-refractivity contribution >= 4 is 0 Å². The zero-order valence-electron chi connectivity index (χ0n) is 12.0. The van der Waals surface area contributed by atoms with Gasteiger partial charge >= 0.3 is 0 Å². The number of benzene rings is 1. The number of rotatable bonds is 4. The van der Waals surface area contributed by atoms with E-state index in [2.05, 4.69) is 55.3 Å². The first-order valence-corrected chi connectivity index (χ1v) is 7.09. The monoisotopic (exact) mass is 246 g/mol. The van der Waals surface area contributed by atoms with Crippen LogP contribution in [0.2, 0.25) is 0 Å².